The molecule has 5 heteroatoms. The molecule has 1 heterocycles. The Morgan fingerprint density at radius 1 is 1.48 bits per heavy atom. The number of likely N-dealkylation sites (N-methyl/N-ethyl adjacent to an activating group) is 1. The van der Waals surface area contributed by atoms with Crippen LogP contribution in [0.25, 0.3) is 6.08 Å². The summed E-state index contributed by atoms with van der Waals surface area (Å²) >= 11 is 1.58. The van der Waals surface area contributed by atoms with Crippen LogP contribution in [-0.2, 0) is 4.79 Å². The molecule has 0 bridgehead atoms. The lowest BCUT2D eigenvalue weighted by Gasteiger charge is -2.27. The van der Waals surface area contributed by atoms with Crippen LogP contribution in [0.15, 0.2) is 35.7 Å². The summed E-state index contributed by atoms with van der Waals surface area (Å²) in [4.78, 5) is 18.7. The molecule has 0 aliphatic rings. The lowest BCUT2D eigenvalue weighted by molar-refractivity contribution is -0.127. The van der Waals surface area contributed by atoms with E-state index in [-0.39, 0.29) is 11.9 Å². The number of methoxy groups -OCH3 is 1. The molecule has 0 N–H and O–H groups in total. The molecule has 1 unspecified atom stereocenters. The Morgan fingerprint density at radius 3 is 2.87 bits per heavy atom. The molecule has 2 aromatic rings. The first kappa shape index (κ1) is 17.2. The third-order valence-electron chi connectivity index (χ3n) is 3.70. The van der Waals surface area contributed by atoms with Crippen molar-refractivity contribution in [3.63, 3.8) is 0 Å². The fraction of sp³-hybridized carbons (Fsp3) is 0.333. The predicted molar refractivity (Wildman–Crippen MR) is 94.7 cm³/mol. The number of thiazole rings is 1. The molecule has 1 aromatic carbocycles. The topological polar surface area (TPSA) is 42.4 Å². The standard InChI is InChI=1S/C18H22N2O2S/c1-5-20(13(2)15-7-6-8-17(11-15)22-4)18(21)10-9-16-12-23-14(3)19-16/h6-13H,5H2,1-4H3/b10-9+. The van der Waals surface area contributed by atoms with Gasteiger partial charge in [0.15, 0.2) is 0 Å². The summed E-state index contributed by atoms with van der Waals surface area (Å²) in [6.07, 6.45) is 3.36. The number of carbonyl (C=O) groups excluding carboxylic acids is 1. The molecule has 4 nitrogen and oxygen atoms in total. The van der Waals surface area contributed by atoms with Gasteiger partial charge in [0, 0.05) is 18.0 Å². The number of aryl methyl sites for hydroxylation is 1. The number of amides is 1. The minimum absolute atomic E-state index is 0.0199. The molecule has 0 saturated heterocycles. The van der Waals surface area contributed by atoms with Gasteiger partial charge < -0.3 is 9.64 Å². The zero-order valence-electron chi connectivity index (χ0n) is 13.9. The first-order chi connectivity index (χ1) is 11.0. The van der Waals surface area contributed by atoms with E-state index < -0.39 is 0 Å². The lowest BCUT2D eigenvalue weighted by Crippen LogP contribution is -2.32. The van der Waals surface area contributed by atoms with Crippen molar-refractivity contribution >= 4 is 23.3 Å². The molecule has 0 aliphatic carbocycles. The van der Waals surface area contributed by atoms with Crippen molar-refractivity contribution in [3.8, 4) is 5.75 Å². The van der Waals surface area contributed by atoms with Crippen molar-refractivity contribution < 1.29 is 9.53 Å². The summed E-state index contributed by atoms with van der Waals surface area (Å²) in [6, 6.07) is 7.80. The van der Waals surface area contributed by atoms with Gasteiger partial charge in [-0.3, -0.25) is 4.79 Å². The Bertz CT molecular complexity index is 694. The van der Waals surface area contributed by atoms with Crippen LogP contribution in [-0.4, -0.2) is 29.4 Å². The second kappa shape index (κ2) is 7.92. The van der Waals surface area contributed by atoms with Gasteiger partial charge in [0.1, 0.15) is 5.75 Å². The van der Waals surface area contributed by atoms with Crippen LogP contribution in [0, 0.1) is 6.92 Å². The third kappa shape index (κ3) is 4.42. The van der Waals surface area contributed by atoms with Crippen molar-refractivity contribution in [2.45, 2.75) is 26.8 Å². The van der Waals surface area contributed by atoms with E-state index in [1.807, 2.05) is 55.3 Å². The number of carbonyl (C=O) groups is 1. The van der Waals surface area contributed by atoms with E-state index in [0.29, 0.717) is 6.54 Å². The van der Waals surface area contributed by atoms with E-state index in [1.54, 1.807) is 30.6 Å². The minimum atomic E-state index is -0.0237. The van der Waals surface area contributed by atoms with E-state index in [2.05, 4.69) is 4.98 Å². The van der Waals surface area contributed by atoms with Gasteiger partial charge in [0.25, 0.3) is 0 Å². The largest absolute Gasteiger partial charge is 0.497 e. The van der Waals surface area contributed by atoms with Gasteiger partial charge in [-0.15, -0.1) is 11.3 Å². The minimum Gasteiger partial charge on any atom is -0.497 e. The van der Waals surface area contributed by atoms with Crippen LogP contribution in [0.1, 0.15) is 36.2 Å². The first-order valence-electron chi connectivity index (χ1n) is 7.60. The normalized spacial score (nSPS) is 12.3. The number of nitrogens with zero attached hydrogens (tertiary/aromatic N) is 2. The maximum atomic E-state index is 12.5. The van der Waals surface area contributed by atoms with Gasteiger partial charge in [0.05, 0.1) is 23.9 Å². The first-order valence-corrected chi connectivity index (χ1v) is 8.48. The van der Waals surface area contributed by atoms with Crippen LogP contribution >= 0.6 is 11.3 Å². The second-order valence-electron chi connectivity index (χ2n) is 5.20. The average molecular weight is 330 g/mol. The van der Waals surface area contributed by atoms with E-state index >= 15 is 0 Å². The zero-order chi connectivity index (χ0) is 16.8. The van der Waals surface area contributed by atoms with E-state index in [4.69, 9.17) is 4.74 Å². The van der Waals surface area contributed by atoms with Gasteiger partial charge in [-0.05, 0) is 44.5 Å². The van der Waals surface area contributed by atoms with Crippen molar-refractivity contribution in [2.75, 3.05) is 13.7 Å². The van der Waals surface area contributed by atoms with Crippen LogP contribution < -0.4 is 4.74 Å². The van der Waals surface area contributed by atoms with Crippen molar-refractivity contribution in [2.24, 2.45) is 0 Å². The quantitative estimate of drug-likeness (QED) is 0.749. The van der Waals surface area contributed by atoms with Crippen LogP contribution in [0.4, 0.5) is 0 Å². The van der Waals surface area contributed by atoms with Gasteiger partial charge in [-0.1, -0.05) is 12.1 Å². The summed E-state index contributed by atoms with van der Waals surface area (Å²) in [5.74, 6) is 0.778. The molecule has 0 radical (unpaired) electrons. The van der Waals surface area contributed by atoms with Crippen molar-refractivity contribution in [3.05, 3.63) is 52.0 Å². The number of hydrogen-bond donors (Lipinski definition) is 0. The van der Waals surface area contributed by atoms with Crippen LogP contribution in [0.2, 0.25) is 0 Å². The summed E-state index contributed by atoms with van der Waals surface area (Å²) in [5, 5.41) is 2.94. The molecule has 0 aliphatic heterocycles. The van der Waals surface area contributed by atoms with Gasteiger partial charge in [-0.2, -0.15) is 0 Å². The Kier molecular flexibility index (Phi) is 5.93. The Hall–Kier alpha value is -2.14. The summed E-state index contributed by atoms with van der Waals surface area (Å²) < 4.78 is 5.26. The molecule has 0 fully saturated rings. The molecule has 0 saturated carbocycles. The molecule has 122 valence electrons. The van der Waals surface area contributed by atoms with Crippen LogP contribution in [0.5, 0.6) is 5.75 Å². The molecular weight excluding hydrogens is 308 g/mol. The SMILES string of the molecule is CCN(C(=O)/C=C/c1csc(C)n1)C(C)c1cccc(OC)c1. The predicted octanol–water partition coefficient (Wildman–Crippen LogP) is 4.08. The fourth-order valence-electron chi connectivity index (χ4n) is 2.41. The molecule has 1 amide bonds. The van der Waals surface area contributed by atoms with E-state index in [9.17, 15) is 4.79 Å². The number of benzene rings is 1. The van der Waals surface area contributed by atoms with E-state index in [0.717, 1.165) is 22.0 Å². The molecule has 0 spiro atoms. The molecule has 2 rings (SSSR count). The number of aromatic nitrogens is 1. The molecule has 1 aromatic heterocycles. The molecule has 23 heavy (non-hydrogen) atoms. The average Bonchev–Trinajstić information content (AvgIpc) is 2.99. The van der Waals surface area contributed by atoms with Gasteiger partial charge in [-0.25, -0.2) is 4.98 Å². The number of ether oxygens (including phenoxy) is 1. The highest BCUT2D eigenvalue weighted by molar-refractivity contribution is 7.09. The Labute approximate surface area is 141 Å². The fourth-order valence-corrected chi connectivity index (χ4v) is 2.99. The summed E-state index contributed by atoms with van der Waals surface area (Å²) in [5.41, 5.74) is 1.88. The Morgan fingerprint density at radius 2 is 2.26 bits per heavy atom. The number of rotatable bonds is 6. The third-order valence-corrected chi connectivity index (χ3v) is 4.49. The lowest BCUT2D eigenvalue weighted by atomic mass is 10.1. The highest BCUT2D eigenvalue weighted by atomic mass is 32.1. The van der Waals surface area contributed by atoms with Crippen molar-refractivity contribution in [1.29, 1.82) is 0 Å². The second-order valence-corrected chi connectivity index (χ2v) is 6.26. The summed E-state index contributed by atoms with van der Waals surface area (Å²) in [6.45, 7) is 6.59. The highest BCUT2D eigenvalue weighted by Gasteiger charge is 2.18. The monoisotopic (exact) mass is 330 g/mol. The smallest absolute Gasteiger partial charge is 0.247 e. The van der Waals surface area contributed by atoms with E-state index in [1.165, 1.54) is 0 Å². The molecule has 1 atom stereocenters. The maximum absolute atomic E-state index is 12.5. The van der Waals surface area contributed by atoms with Crippen LogP contribution in [0.3, 0.4) is 0 Å². The molecular formula is C18H22N2O2S. The highest BCUT2D eigenvalue weighted by Crippen LogP contribution is 2.24. The zero-order valence-corrected chi connectivity index (χ0v) is 14.8. The van der Waals surface area contributed by atoms with Gasteiger partial charge >= 0.3 is 0 Å². The number of hydrogen-bond acceptors (Lipinski definition) is 4. The van der Waals surface area contributed by atoms with Crippen molar-refractivity contribution in [1.82, 2.24) is 9.88 Å². The summed E-state index contributed by atoms with van der Waals surface area (Å²) in [7, 11) is 1.64. The Balaban J connectivity index is 2.13. The van der Waals surface area contributed by atoms with Gasteiger partial charge in [0.2, 0.25) is 5.91 Å². The maximum Gasteiger partial charge on any atom is 0.247 e.